The molecule has 0 saturated heterocycles. The van der Waals surface area contributed by atoms with Crippen LogP contribution in [0.4, 0.5) is 5.82 Å². The van der Waals surface area contributed by atoms with E-state index in [0.717, 1.165) is 21.1 Å². The molecule has 1 aromatic carbocycles. The fourth-order valence-corrected chi connectivity index (χ4v) is 3.86. The number of benzene rings is 1. The Morgan fingerprint density at radius 1 is 1.29 bits per heavy atom. The van der Waals surface area contributed by atoms with Crippen LogP contribution in [0, 0.1) is 0 Å². The zero-order valence-electron chi connectivity index (χ0n) is 16.0. The third kappa shape index (κ3) is 2.73. The first-order valence-electron chi connectivity index (χ1n) is 8.75. The highest BCUT2D eigenvalue weighted by Gasteiger charge is 2.26. The lowest BCUT2D eigenvalue weighted by atomic mass is 10.1. The number of nitrogens with zero attached hydrogens (tertiary/aromatic N) is 4. The minimum atomic E-state index is -0.290. The number of amides is 1. The summed E-state index contributed by atoms with van der Waals surface area (Å²) in [5.74, 6) is 0.224. The second-order valence-corrected chi connectivity index (χ2v) is 8.34. The first-order chi connectivity index (χ1) is 13.2. The lowest BCUT2D eigenvalue weighted by Gasteiger charge is -2.19. The predicted molar refractivity (Wildman–Crippen MR) is 113 cm³/mol. The highest BCUT2D eigenvalue weighted by molar-refractivity contribution is 9.10. The summed E-state index contributed by atoms with van der Waals surface area (Å²) in [5.41, 5.74) is 9.39. The van der Waals surface area contributed by atoms with Crippen LogP contribution < -0.4 is 11.1 Å². The van der Waals surface area contributed by atoms with Crippen molar-refractivity contribution in [1.29, 1.82) is 0 Å². The molecule has 0 aliphatic heterocycles. The van der Waals surface area contributed by atoms with Crippen LogP contribution in [0.3, 0.4) is 0 Å². The Balaban J connectivity index is 2.02. The number of hydrogen-bond donors (Lipinski definition) is 3. The van der Waals surface area contributed by atoms with Gasteiger partial charge in [-0.15, -0.1) is 0 Å². The lowest BCUT2D eigenvalue weighted by Crippen LogP contribution is -2.23. The Hall–Kier alpha value is -2.94. The SMILES string of the molecule is CNC(=O)c1ccc2c(Br)c(-c3nn(C(C)(C)C)c4ncnc(N)c34)[nH]c2c1. The van der Waals surface area contributed by atoms with Crippen LogP contribution in [-0.2, 0) is 5.54 Å². The van der Waals surface area contributed by atoms with E-state index < -0.39 is 0 Å². The van der Waals surface area contributed by atoms with Crippen LogP contribution in [0.1, 0.15) is 31.1 Å². The van der Waals surface area contributed by atoms with Gasteiger partial charge in [-0.3, -0.25) is 4.79 Å². The molecule has 4 aromatic rings. The quantitative estimate of drug-likeness (QED) is 0.440. The number of fused-ring (bicyclic) bond motifs is 2. The van der Waals surface area contributed by atoms with Gasteiger partial charge in [-0.2, -0.15) is 5.10 Å². The summed E-state index contributed by atoms with van der Waals surface area (Å²) < 4.78 is 2.69. The van der Waals surface area contributed by atoms with Crippen LogP contribution in [0.25, 0.3) is 33.3 Å². The number of carbonyl (C=O) groups is 1. The monoisotopic (exact) mass is 441 g/mol. The van der Waals surface area contributed by atoms with Gasteiger partial charge in [0.2, 0.25) is 0 Å². The van der Waals surface area contributed by atoms with Crippen LogP contribution in [0.15, 0.2) is 29.0 Å². The molecule has 0 fully saturated rings. The molecule has 28 heavy (non-hydrogen) atoms. The van der Waals surface area contributed by atoms with Crippen molar-refractivity contribution in [3.8, 4) is 11.4 Å². The van der Waals surface area contributed by atoms with Crippen molar-refractivity contribution in [2.45, 2.75) is 26.3 Å². The Morgan fingerprint density at radius 3 is 2.71 bits per heavy atom. The third-order valence-electron chi connectivity index (χ3n) is 4.59. The summed E-state index contributed by atoms with van der Waals surface area (Å²) in [6.07, 6.45) is 1.45. The number of anilines is 1. The Labute approximate surface area is 169 Å². The predicted octanol–water partition coefficient (Wildman–Crippen LogP) is 3.43. The van der Waals surface area contributed by atoms with Gasteiger partial charge in [-0.1, -0.05) is 6.07 Å². The molecule has 0 saturated carbocycles. The summed E-state index contributed by atoms with van der Waals surface area (Å²) in [7, 11) is 1.61. The summed E-state index contributed by atoms with van der Waals surface area (Å²) in [4.78, 5) is 23.9. The van der Waals surface area contributed by atoms with Crippen LogP contribution >= 0.6 is 15.9 Å². The van der Waals surface area contributed by atoms with E-state index in [2.05, 4.69) is 57.0 Å². The van der Waals surface area contributed by atoms with E-state index in [0.29, 0.717) is 28.1 Å². The molecular formula is C19H20BrN7O. The van der Waals surface area contributed by atoms with Gasteiger partial charge in [0, 0.05) is 23.5 Å². The van der Waals surface area contributed by atoms with Gasteiger partial charge in [0.1, 0.15) is 17.8 Å². The van der Waals surface area contributed by atoms with Crippen LogP contribution in [0.2, 0.25) is 0 Å². The molecule has 3 heterocycles. The molecular weight excluding hydrogens is 422 g/mol. The smallest absolute Gasteiger partial charge is 0.251 e. The van der Waals surface area contributed by atoms with Crippen molar-refractivity contribution in [3.63, 3.8) is 0 Å². The highest BCUT2D eigenvalue weighted by Crippen LogP contribution is 2.39. The highest BCUT2D eigenvalue weighted by atomic mass is 79.9. The fraction of sp³-hybridized carbons (Fsp3) is 0.263. The molecule has 0 aliphatic rings. The number of nitrogens with one attached hydrogen (secondary N) is 2. The average Bonchev–Trinajstić information content (AvgIpc) is 3.20. The molecule has 4 N–H and O–H groups in total. The van der Waals surface area contributed by atoms with Crippen molar-refractivity contribution in [3.05, 3.63) is 34.6 Å². The number of halogens is 1. The van der Waals surface area contributed by atoms with Crippen molar-refractivity contribution in [1.82, 2.24) is 30.0 Å². The summed E-state index contributed by atoms with van der Waals surface area (Å²) in [6, 6.07) is 5.49. The molecule has 0 spiro atoms. The molecule has 8 nitrogen and oxygen atoms in total. The van der Waals surface area contributed by atoms with Gasteiger partial charge in [0.25, 0.3) is 5.91 Å². The van der Waals surface area contributed by atoms with Crippen molar-refractivity contribution < 1.29 is 4.79 Å². The second-order valence-electron chi connectivity index (χ2n) is 7.54. The minimum Gasteiger partial charge on any atom is -0.383 e. The van der Waals surface area contributed by atoms with E-state index in [1.54, 1.807) is 13.1 Å². The normalized spacial score (nSPS) is 12.0. The van der Waals surface area contributed by atoms with Gasteiger partial charge < -0.3 is 16.0 Å². The molecule has 4 rings (SSSR count). The molecule has 0 aliphatic carbocycles. The van der Waals surface area contributed by atoms with Crippen LogP contribution in [-0.4, -0.2) is 37.7 Å². The van der Waals surface area contributed by atoms with Crippen molar-refractivity contribution >= 4 is 49.6 Å². The molecule has 0 atom stereocenters. The lowest BCUT2D eigenvalue weighted by molar-refractivity contribution is 0.0963. The fourth-order valence-electron chi connectivity index (χ4n) is 3.23. The summed E-state index contributed by atoms with van der Waals surface area (Å²) >= 11 is 3.67. The van der Waals surface area contributed by atoms with E-state index in [4.69, 9.17) is 10.8 Å². The van der Waals surface area contributed by atoms with E-state index in [9.17, 15) is 4.79 Å². The van der Waals surface area contributed by atoms with Gasteiger partial charge in [-0.05, 0) is 48.8 Å². The Morgan fingerprint density at radius 2 is 2.04 bits per heavy atom. The number of aromatic nitrogens is 5. The Bertz CT molecular complexity index is 1230. The van der Waals surface area contributed by atoms with E-state index in [-0.39, 0.29) is 11.4 Å². The maximum absolute atomic E-state index is 12.0. The Kier molecular flexibility index (Phi) is 4.15. The first kappa shape index (κ1) is 18.4. The molecule has 0 unspecified atom stereocenters. The van der Waals surface area contributed by atoms with E-state index >= 15 is 0 Å². The largest absolute Gasteiger partial charge is 0.383 e. The number of hydrogen-bond acceptors (Lipinski definition) is 5. The maximum atomic E-state index is 12.0. The van der Waals surface area contributed by atoms with Gasteiger partial charge in [-0.25, -0.2) is 14.6 Å². The summed E-state index contributed by atoms with van der Waals surface area (Å²) in [5, 5.41) is 9.08. The molecule has 9 heteroatoms. The topological polar surface area (TPSA) is 115 Å². The molecule has 0 bridgehead atoms. The maximum Gasteiger partial charge on any atom is 0.251 e. The van der Waals surface area contributed by atoms with Crippen molar-refractivity contribution in [2.24, 2.45) is 0 Å². The van der Waals surface area contributed by atoms with Gasteiger partial charge in [0.15, 0.2) is 5.65 Å². The average molecular weight is 442 g/mol. The second kappa shape index (κ2) is 6.30. The molecule has 0 radical (unpaired) electrons. The van der Waals surface area contributed by atoms with E-state index in [1.807, 2.05) is 16.8 Å². The number of H-pyrrole nitrogens is 1. The molecule has 3 aromatic heterocycles. The van der Waals surface area contributed by atoms with E-state index in [1.165, 1.54) is 6.33 Å². The number of nitrogen functional groups attached to an aromatic ring is 1. The minimum absolute atomic E-state index is 0.144. The standard InChI is InChI=1S/C19H20BrN7O/c1-19(2,3)27-17-12(16(21)23-8-24-17)14(26-27)15-13(20)10-6-5-9(18(28)22-4)7-11(10)25-15/h5-8,25H,1-4H3,(H,22,28)(H2,21,23,24). The third-order valence-corrected chi connectivity index (χ3v) is 5.41. The number of rotatable bonds is 2. The number of nitrogens with two attached hydrogens (primary N) is 1. The zero-order valence-corrected chi connectivity index (χ0v) is 17.5. The van der Waals surface area contributed by atoms with Crippen molar-refractivity contribution in [2.75, 3.05) is 12.8 Å². The summed E-state index contributed by atoms with van der Waals surface area (Å²) in [6.45, 7) is 6.16. The van der Waals surface area contributed by atoms with Gasteiger partial charge in [0.05, 0.1) is 21.1 Å². The van der Waals surface area contributed by atoms with Crippen LogP contribution in [0.5, 0.6) is 0 Å². The van der Waals surface area contributed by atoms with Gasteiger partial charge >= 0.3 is 0 Å². The first-order valence-corrected chi connectivity index (χ1v) is 9.55. The molecule has 1 amide bonds. The molecule has 144 valence electrons. The number of carbonyl (C=O) groups excluding carboxylic acids is 1. The zero-order chi connectivity index (χ0) is 20.2. The number of aromatic amines is 1.